The average molecular weight is 284 g/mol. The highest BCUT2D eigenvalue weighted by Gasteiger charge is 2.46. The van der Waals surface area contributed by atoms with Gasteiger partial charge in [-0.2, -0.15) is 4.31 Å². The van der Waals surface area contributed by atoms with Gasteiger partial charge in [-0.1, -0.05) is 6.07 Å². The number of hydrogen-bond donors (Lipinski definition) is 1. The molecular formula is C13H17FN2O2S. The summed E-state index contributed by atoms with van der Waals surface area (Å²) in [5, 5.41) is 0. The number of rotatable bonds is 2. The van der Waals surface area contributed by atoms with Crippen LogP contribution in [0.25, 0.3) is 0 Å². The normalized spacial score (nSPS) is 31.6. The molecule has 2 heterocycles. The van der Waals surface area contributed by atoms with E-state index >= 15 is 0 Å². The Hall–Kier alpha value is -0.980. The summed E-state index contributed by atoms with van der Waals surface area (Å²) in [4.78, 5) is 0.0415. The number of halogens is 1. The highest BCUT2D eigenvalue weighted by atomic mass is 32.2. The van der Waals surface area contributed by atoms with E-state index in [0.29, 0.717) is 12.8 Å². The number of sulfonamides is 1. The Morgan fingerprint density at radius 3 is 2.42 bits per heavy atom. The maximum Gasteiger partial charge on any atom is 0.243 e. The van der Waals surface area contributed by atoms with E-state index in [-0.39, 0.29) is 23.0 Å². The zero-order valence-corrected chi connectivity index (χ0v) is 11.3. The van der Waals surface area contributed by atoms with Crippen molar-refractivity contribution >= 4 is 10.0 Å². The molecule has 2 N–H and O–H groups in total. The van der Waals surface area contributed by atoms with Gasteiger partial charge in [-0.3, -0.25) is 0 Å². The number of piperidine rings is 1. The molecule has 1 aromatic rings. The molecule has 0 spiro atoms. The molecule has 0 aromatic heterocycles. The van der Waals surface area contributed by atoms with Gasteiger partial charge in [0.15, 0.2) is 0 Å². The fourth-order valence-corrected chi connectivity index (χ4v) is 5.24. The van der Waals surface area contributed by atoms with Crippen LogP contribution < -0.4 is 5.73 Å². The zero-order valence-electron chi connectivity index (χ0n) is 10.5. The highest BCUT2D eigenvalue weighted by Crippen LogP contribution is 2.39. The van der Waals surface area contributed by atoms with Crippen molar-refractivity contribution in [2.75, 3.05) is 0 Å². The van der Waals surface area contributed by atoms with Gasteiger partial charge in [0, 0.05) is 18.1 Å². The fourth-order valence-electron chi connectivity index (χ4n) is 3.32. The van der Waals surface area contributed by atoms with E-state index in [1.807, 2.05) is 0 Å². The van der Waals surface area contributed by atoms with E-state index in [4.69, 9.17) is 5.73 Å². The maximum absolute atomic E-state index is 13.2. The molecule has 4 nitrogen and oxygen atoms in total. The summed E-state index contributed by atoms with van der Waals surface area (Å²) in [6.45, 7) is 0. The number of fused-ring (bicyclic) bond motifs is 2. The smallest absolute Gasteiger partial charge is 0.243 e. The summed E-state index contributed by atoms with van der Waals surface area (Å²) in [5.41, 5.74) is 5.94. The first kappa shape index (κ1) is 13.0. The van der Waals surface area contributed by atoms with E-state index < -0.39 is 15.8 Å². The fraction of sp³-hybridized carbons (Fsp3) is 0.538. The van der Waals surface area contributed by atoms with Crippen LogP contribution >= 0.6 is 0 Å². The minimum Gasteiger partial charge on any atom is -0.328 e. The molecule has 2 unspecified atom stereocenters. The summed E-state index contributed by atoms with van der Waals surface area (Å²) >= 11 is 0. The van der Waals surface area contributed by atoms with Gasteiger partial charge in [0.25, 0.3) is 0 Å². The van der Waals surface area contributed by atoms with Crippen molar-refractivity contribution in [2.45, 2.75) is 48.7 Å². The van der Waals surface area contributed by atoms with Gasteiger partial charge in [0.2, 0.25) is 10.0 Å². The van der Waals surface area contributed by atoms with Crippen molar-refractivity contribution in [1.29, 1.82) is 0 Å². The van der Waals surface area contributed by atoms with E-state index in [2.05, 4.69) is 0 Å². The Labute approximate surface area is 112 Å². The van der Waals surface area contributed by atoms with Gasteiger partial charge < -0.3 is 5.73 Å². The molecule has 0 radical (unpaired) electrons. The Kier molecular flexibility index (Phi) is 3.11. The van der Waals surface area contributed by atoms with Crippen molar-refractivity contribution < 1.29 is 12.8 Å². The van der Waals surface area contributed by atoms with E-state index in [0.717, 1.165) is 18.9 Å². The lowest BCUT2D eigenvalue weighted by Gasteiger charge is -2.36. The maximum atomic E-state index is 13.2. The van der Waals surface area contributed by atoms with Crippen molar-refractivity contribution in [3.8, 4) is 0 Å². The third kappa shape index (κ3) is 2.17. The summed E-state index contributed by atoms with van der Waals surface area (Å²) in [7, 11) is -3.61. The number of benzene rings is 1. The molecule has 104 valence electrons. The van der Waals surface area contributed by atoms with Gasteiger partial charge in [0.05, 0.1) is 4.90 Å². The summed E-state index contributed by atoms with van der Waals surface area (Å²) < 4.78 is 40.0. The predicted octanol–water partition coefficient (Wildman–Crippen LogP) is 1.47. The number of nitrogens with zero attached hydrogens (tertiary/aromatic N) is 1. The minimum absolute atomic E-state index is 0.0259. The van der Waals surface area contributed by atoms with Crippen molar-refractivity contribution in [3.63, 3.8) is 0 Å². The number of hydrogen-bond acceptors (Lipinski definition) is 3. The largest absolute Gasteiger partial charge is 0.328 e. The van der Waals surface area contributed by atoms with Crippen LogP contribution in [0.4, 0.5) is 4.39 Å². The average Bonchev–Trinajstić information content (AvgIpc) is 2.63. The van der Waals surface area contributed by atoms with Gasteiger partial charge in [-0.05, 0) is 43.9 Å². The first-order chi connectivity index (χ1) is 8.98. The van der Waals surface area contributed by atoms with Crippen molar-refractivity contribution in [2.24, 2.45) is 5.73 Å². The third-order valence-corrected chi connectivity index (χ3v) is 6.08. The molecule has 0 amide bonds. The lowest BCUT2D eigenvalue weighted by atomic mass is 10.0. The van der Waals surface area contributed by atoms with Crippen molar-refractivity contribution in [3.05, 3.63) is 30.1 Å². The molecule has 2 bridgehead atoms. The van der Waals surface area contributed by atoms with Gasteiger partial charge in [-0.15, -0.1) is 0 Å². The van der Waals surface area contributed by atoms with Gasteiger partial charge >= 0.3 is 0 Å². The molecule has 2 aliphatic heterocycles. The second-order valence-electron chi connectivity index (χ2n) is 5.41. The quantitative estimate of drug-likeness (QED) is 0.894. The summed E-state index contributed by atoms with van der Waals surface area (Å²) in [6, 6.07) is 5.25. The molecule has 2 aliphatic rings. The molecule has 2 atom stereocenters. The molecule has 6 heteroatoms. The highest BCUT2D eigenvalue weighted by molar-refractivity contribution is 7.89. The van der Waals surface area contributed by atoms with E-state index in [9.17, 15) is 12.8 Å². The topological polar surface area (TPSA) is 63.4 Å². The Bertz CT molecular complexity index is 576. The van der Waals surface area contributed by atoms with Crippen LogP contribution in [0.15, 0.2) is 29.2 Å². The Morgan fingerprint density at radius 2 is 1.84 bits per heavy atom. The molecule has 0 saturated carbocycles. The standard InChI is InChI=1S/C13H17FN2O2S/c14-9-2-1-3-13(6-9)19(17,18)16-11-4-5-12(16)8-10(15)7-11/h1-3,6,10-12H,4-5,7-8,15H2. The second kappa shape index (κ2) is 4.54. The molecule has 1 aromatic carbocycles. The van der Waals surface area contributed by atoms with Crippen LogP contribution in [0.2, 0.25) is 0 Å². The Balaban J connectivity index is 1.98. The van der Waals surface area contributed by atoms with Gasteiger partial charge in [0.1, 0.15) is 5.82 Å². The molecule has 0 aliphatic carbocycles. The second-order valence-corrected chi connectivity index (χ2v) is 7.25. The number of nitrogens with two attached hydrogens (primary N) is 1. The van der Waals surface area contributed by atoms with Crippen LogP contribution in [0.5, 0.6) is 0 Å². The first-order valence-electron chi connectivity index (χ1n) is 6.53. The van der Waals surface area contributed by atoms with Gasteiger partial charge in [-0.25, -0.2) is 12.8 Å². The van der Waals surface area contributed by atoms with E-state index in [1.54, 1.807) is 4.31 Å². The van der Waals surface area contributed by atoms with Crippen LogP contribution in [-0.4, -0.2) is 30.8 Å². The monoisotopic (exact) mass is 284 g/mol. The van der Waals surface area contributed by atoms with E-state index in [1.165, 1.54) is 18.2 Å². The lowest BCUT2D eigenvalue weighted by molar-refractivity contribution is 0.227. The molecule has 3 rings (SSSR count). The molecule has 19 heavy (non-hydrogen) atoms. The molecule has 2 fully saturated rings. The minimum atomic E-state index is -3.61. The molecule has 2 saturated heterocycles. The third-order valence-electron chi connectivity index (χ3n) is 4.07. The van der Waals surface area contributed by atoms with Crippen molar-refractivity contribution in [1.82, 2.24) is 4.31 Å². The van der Waals surface area contributed by atoms with Crippen LogP contribution in [0, 0.1) is 5.82 Å². The first-order valence-corrected chi connectivity index (χ1v) is 7.97. The SMILES string of the molecule is NC1CC2CCC(C1)N2S(=O)(=O)c1cccc(F)c1. The predicted molar refractivity (Wildman–Crippen MR) is 69.4 cm³/mol. The summed E-state index contributed by atoms with van der Waals surface area (Å²) in [5.74, 6) is -0.526. The lowest BCUT2D eigenvalue weighted by Crippen LogP contribution is -2.49. The van der Waals surface area contributed by atoms with Crippen LogP contribution in [0.3, 0.4) is 0 Å². The zero-order chi connectivity index (χ0) is 13.6. The Morgan fingerprint density at radius 1 is 1.21 bits per heavy atom. The van der Waals surface area contributed by atoms with Crippen LogP contribution in [0.1, 0.15) is 25.7 Å². The summed E-state index contributed by atoms with van der Waals surface area (Å²) in [6.07, 6.45) is 3.11. The van der Waals surface area contributed by atoms with Crippen LogP contribution in [-0.2, 0) is 10.0 Å². The molecular weight excluding hydrogens is 267 g/mol.